The van der Waals surface area contributed by atoms with Gasteiger partial charge in [-0.25, -0.2) is 0 Å². The molecular formula is C23H25NO7S. The second-order valence-corrected chi connectivity index (χ2v) is 8.50. The summed E-state index contributed by atoms with van der Waals surface area (Å²) in [7, 11) is 0. The number of ketones is 1. The Bertz CT molecular complexity index is 1020. The second-order valence-electron chi connectivity index (χ2n) is 7.30. The summed E-state index contributed by atoms with van der Waals surface area (Å²) in [6, 6.07) is 11.7. The lowest BCUT2D eigenvalue weighted by atomic mass is 10.0. The van der Waals surface area contributed by atoms with E-state index in [1.165, 1.54) is 6.92 Å². The number of ether oxygens (including phenoxy) is 1. The molecule has 0 bridgehead atoms. The second kappa shape index (κ2) is 12.0. The molecule has 0 saturated heterocycles. The van der Waals surface area contributed by atoms with Crippen molar-refractivity contribution in [2.75, 3.05) is 12.4 Å². The minimum absolute atomic E-state index is 0.0517. The smallest absolute Gasteiger partial charge is 0.310 e. The molecule has 9 heteroatoms. The summed E-state index contributed by atoms with van der Waals surface area (Å²) < 4.78 is 5.06. The fourth-order valence-corrected chi connectivity index (χ4v) is 3.59. The predicted molar refractivity (Wildman–Crippen MR) is 120 cm³/mol. The maximum Gasteiger partial charge on any atom is 0.310 e. The molecule has 2 aromatic carbocycles. The highest BCUT2D eigenvalue weighted by molar-refractivity contribution is 8.13. The van der Waals surface area contributed by atoms with Gasteiger partial charge in [0.25, 0.3) is 0 Å². The molecule has 0 aliphatic rings. The third-order valence-electron chi connectivity index (χ3n) is 4.66. The molecule has 32 heavy (non-hydrogen) atoms. The van der Waals surface area contributed by atoms with E-state index in [1.807, 2.05) is 36.4 Å². The highest BCUT2D eigenvalue weighted by atomic mass is 32.2. The van der Waals surface area contributed by atoms with Gasteiger partial charge in [-0.05, 0) is 16.3 Å². The largest absolute Gasteiger partial charge is 0.481 e. The Morgan fingerprint density at radius 2 is 1.75 bits per heavy atom. The minimum atomic E-state index is -1.34. The van der Waals surface area contributed by atoms with Crippen LogP contribution in [0.25, 0.3) is 10.8 Å². The molecule has 1 amide bonds. The first-order chi connectivity index (χ1) is 15.2. The van der Waals surface area contributed by atoms with E-state index >= 15 is 0 Å². The van der Waals surface area contributed by atoms with Crippen molar-refractivity contribution in [2.24, 2.45) is 5.92 Å². The summed E-state index contributed by atoms with van der Waals surface area (Å²) in [6.07, 6.45) is -0.693. The van der Waals surface area contributed by atoms with E-state index in [1.54, 1.807) is 13.0 Å². The molecule has 170 valence electrons. The van der Waals surface area contributed by atoms with Gasteiger partial charge >= 0.3 is 11.9 Å². The van der Waals surface area contributed by atoms with Gasteiger partial charge < -0.3 is 15.2 Å². The van der Waals surface area contributed by atoms with Gasteiger partial charge in [-0.1, -0.05) is 61.2 Å². The first kappa shape index (κ1) is 25.1. The first-order valence-corrected chi connectivity index (χ1v) is 11.0. The average Bonchev–Trinajstić information content (AvgIpc) is 2.75. The number of nitrogens with one attached hydrogen (secondary N) is 1. The molecule has 0 saturated carbocycles. The van der Waals surface area contributed by atoms with Gasteiger partial charge in [0.1, 0.15) is 6.04 Å². The van der Waals surface area contributed by atoms with Crippen LogP contribution in [0, 0.1) is 5.92 Å². The van der Waals surface area contributed by atoms with Crippen LogP contribution in [0.5, 0.6) is 0 Å². The van der Waals surface area contributed by atoms with Gasteiger partial charge in [0.15, 0.2) is 17.5 Å². The maximum absolute atomic E-state index is 12.5. The van der Waals surface area contributed by atoms with Crippen molar-refractivity contribution in [3.63, 3.8) is 0 Å². The van der Waals surface area contributed by atoms with Crippen molar-refractivity contribution in [1.29, 1.82) is 0 Å². The third-order valence-corrected chi connectivity index (χ3v) is 5.73. The molecule has 0 aliphatic heterocycles. The summed E-state index contributed by atoms with van der Waals surface area (Å²) in [5.41, 5.74) is 0.743. The number of carboxylic acid groups (broad SMARTS) is 1. The number of aliphatic carboxylic acids is 1. The van der Waals surface area contributed by atoms with E-state index in [0.29, 0.717) is 0 Å². The molecular weight excluding hydrogens is 434 g/mol. The van der Waals surface area contributed by atoms with Crippen LogP contribution in [0.15, 0.2) is 42.5 Å². The zero-order valence-corrected chi connectivity index (χ0v) is 18.6. The molecule has 2 N–H and O–H groups in total. The number of carbonyl (C=O) groups is 5. The van der Waals surface area contributed by atoms with E-state index in [4.69, 9.17) is 9.84 Å². The summed E-state index contributed by atoms with van der Waals surface area (Å²) in [5.74, 6) is -3.60. The maximum atomic E-state index is 12.5. The molecule has 2 aromatic rings. The van der Waals surface area contributed by atoms with Crippen LogP contribution in [-0.2, 0) is 35.1 Å². The zero-order valence-electron chi connectivity index (χ0n) is 17.8. The van der Waals surface area contributed by atoms with Crippen LogP contribution >= 0.6 is 11.8 Å². The molecule has 8 nitrogen and oxygen atoms in total. The summed E-state index contributed by atoms with van der Waals surface area (Å²) in [5, 5.41) is 13.2. The van der Waals surface area contributed by atoms with Crippen LogP contribution in [0.4, 0.5) is 0 Å². The standard InChI is InChI=1S/C23H25NO7S/c1-14(13-32-15(2)25)23(30)24-19(11-21(27)28)20(26)12-31-22(29)10-17-8-5-7-16-6-3-4-9-18(16)17/h3-9,14,19H,10-13H2,1-2H3,(H,24,30)(H,27,28)/t14-,19-/m1/s1. The third kappa shape index (κ3) is 7.81. The number of esters is 1. The number of Topliss-reactive ketones (excluding diaryl/α,β-unsaturated/α-hetero) is 1. The number of hydrogen-bond donors (Lipinski definition) is 2. The molecule has 0 radical (unpaired) electrons. The Morgan fingerprint density at radius 3 is 2.44 bits per heavy atom. The Morgan fingerprint density at radius 1 is 1.06 bits per heavy atom. The number of carbonyl (C=O) groups excluding carboxylic acids is 4. The highest BCUT2D eigenvalue weighted by Crippen LogP contribution is 2.19. The van der Waals surface area contributed by atoms with E-state index < -0.39 is 48.6 Å². The molecule has 0 spiro atoms. The predicted octanol–water partition coefficient (Wildman–Crippen LogP) is 2.37. The van der Waals surface area contributed by atoms with Crippen molar-refractivity contribution in [1.82, 2.24) is 5.32 Å². The quantitative estimate of drug-likeness (QED) is 0.491. The molecule has 0 fully saturated rings. The Balaban J connectivity index is 1.95. The van der Waals surface area contributed by atoms with E-state index in [2.05, 4.69) is 5.32 Å². The van der Waals surface area contributed by atoms with Gasteiger partial charge in [0.05, 0.1) is 12.8 Å². The molecule has 0 aromatic heterocycles. The highest BCUT2D eigenvalue weighted by Gasteiger charge is 2.27. The first-order valence-electron chi connectivity index (χ1n) is 9.98. The number of benzene rings is 2. The van der Waals surface area contributed by atoms with Crippen LogP contribution in [-0.4, -0.2) is 52.3 Å². The van der Waals surface area contributed by atoms with Gasteiger partial charge in [0.2, 0.25) is 5.91 Å². The number of hydrogen-bond acceptors (Lipinski definition) is 7. The molecule has 2 atom stereocenters. The van der Waals surface area contributed by atoms with E-state index in [0.717, 1.165) is 28.1 Å². The fourth-order valence-electron chi connectivity index (χ4n) is 2.96. The molecule has 0 aliphatic carbocycles. The van der Waals surface area contributed by atoms with E-state index in [-0.39, 0.29) is 17.3 Å². The monoisotopic (exact) mass is 459 g/mol. The molecule has 0 heterocycles. The van der Waals surface area contributed by atoms with Gasteiger partial charge in [-0.2, -0.15) is 0 Å². The van der Waals surface area contributed by atoms with Crippen LogP contribution in [0.2, 0.25) is 0 Å². The normalized spacial score (nSPS) is 12.6. The average molecular weight is 460 g/mol. The van der Waals surface area contributed by atoms with Crippen LogP contribution < -0.4 is 5.32 Å². The summed E-state index contributed by atoms with van der Waals surface area (Å²) >= 11 is 0.962. The number of amides is 1. The summed E-state index contributed by atoms with van der Waals surface area (Å²) in [6.45, 7) is 2.29. The lowest BCUT2D eigenvalue weighted by Gasteiger charge is -2.18. The number of fused-ring (bicyclic) bond motifs is 1. The Labute approximate surface area is 189 Å². The SMILES string of the molecule is CC(=O)SC[C@@H](C)C(=O)N[C@H](CC(=O)O)C(=O)COC(=O)Cc1cccc2ccccc12. The van der Waals surface area contributed by atoms with Crippen LogP contribution in [0.1, 0.15) is 25.8 Å². The zero-order chi connectivity index (χ0) is 23.7. The number of rotatable bonds is 11. The van der Waals surface area contributed by atoms with Gasteiger partial charge in [0, 0.05) is 18.6 Å². The van der Waals surface area contributed by atoms with Crippen molar-refractivity contribution < 1.29 is 33.8 Å². The number of thioether (sulfide) groups is 1. The Hall–Kier alpha value is -3.20. The molecule has 2 rings (SSSR count). The van der Waals surface area contributed by atoms with Gasteiger partial charge in [-0.15, -0.1) is 0 Å². The van der Waals surface area contributed by atoms with Gasteiger partial charge in [-0.3, -0.25) is 24.0 Å². The van der Waals surface area contributed by atoms with E-state index in [9.17, 15) is 24.0 Å². The van der Waals surface area contributed by atoms with Crippen LogP contribution in [0.3, 0.4) is 0 Å². The Kier molecular flexibility index (Phi) is 9.39. The minimum Gasteiger partial charge on any atom is -0.481 e. The molecule has 0 unspecified atom stereocenters. The van der Waals surface area contributed by atoms with Crippen molar-refractivity contribution in [3.05, 3.63) is 48.0 Å². The lowest BCUT2D eigenvalue weighted by Crippen LogP contribution is -2.46. The topological polar surface area (TPSA) is 127 Å². The summed E-state index contributed by atoms with van der Waals surface area (Å²) in [4.78, 5) is 59.2. The van der Waals surface area contributed by atoms with Crippen molar-refractivity contribution in [2.45, 2.75) is 32.7 Å². The van der Waals surface area contributed by atoms with Crippen molar-refractivity contribution in [3.8, 4) is 0 Å². The number of carboxylic acids is 1. The fraction of sp³-hybridized carbons (Fsp3) is 0.348. The lowest BCUT2D eigenvalue weighted by molar-refractivity contribution is -0.148. The van der Waals surface area contributed by atoms with Crippen molar-refractivity contribution >= 4 is 51.3 Å².